The van der Waals surface area contributed by atoms with Crippen LogP contribution in [0, 0.1) is 5.92 Å². The van der Waals surface area contributed by atoms with Crippen LogP contribution in [0.4, 0.5) is 0 Å². The standard InChI is InChI=1S/C11H8Cl2O3/c1-4-10(14)5-3-6(16-2)8(12)9(13)7(5)11(4)15/h3-4H,1-2H3. The summed E-state index contributed by atoms with van der Waals surface area (Å²) in [5.74, 6) is -0.900. The number of carbonyl (C=O) groups is 2. The fraction of sp³-hybridized carbons (Fsp3) is 0.273. The maximum atomic E-state index is 11.8. The lowest BCUT2D eigenvalue weighted by atomic mass is 10.1. The van der Waals surface area contributed by atoms with Gasteiger partial charge in [-0.1, -0.05) is 23.2 Å². The quantitative estimate of drug-likeness (QED) is 0.728. The Labute approximate surface area is 102 Å². The van der Waals surface area contributed by atoms with E-state index in [1.54, 1.807) is 6.92 Å². The van der Waals surface area contributed by atoms with E-state index in [2.05, 4.69) is 0 Å². The highest BCUT2D eigenvalue weighted by atomic mass is 35.5. The van der Waals surface area contributed by atoms with Crippen molar-refractivity contribution in [2.75, 3.05) is 7.11 Å². The first-order valence-corrected chi connectivity index (χ1v) is 5.39. The van der Waals surface area contributed by atoms with Gasteiger partial charge in [0.15, 0.2) is 11.6 Å². The van der Waals surface area contributed by atoms with Gasteiger partial charge in [0.25, 0.3) is 0 Å². The number of benzene rings is 1. The molecule has 3 nitrogen and oxygen atoms in total. The first-order chi connectivity index (χ1) is 7.49. The molecule has 1 unspecified atom stereocenters. The Bertz CT molecular complexity index is 508. The van der Waals surface area contributed by atoms with Crippen molar-refractivity contribution < 1.29 is 14.3 Å². The Morgan fingerprint density at radius 2 is 1.81 bits per heavy atom. The second-order valence-electron chi connectivity index (χ2n) is 3.58. The summed E-state index contributed by atoms with van der Waals surface area (Å²) in [6.45, 7) is 1.56. The van der Waals surface area contributed by atoms with Gasteiger partial charge in [0.05, 0.1) is 18.1 Å². The van der Waals surface area contributed by atoms with Gasteiger partial charge >= 0.3 is 0 Å². The van der Waals surface area contributed by atoms with E-state index in [1.165, 1.54) is 13.2 Å². The smallest absolute Gasteiger partial charge is 0.175 e. The van der Waals surface area contributed by atoms with Crippen molar-refractivity contribution in [3.63, 3.8) is 0 Å². The molecule has 1 aliphatic carbocycles. The molecule has 0 heterocycles. The second kappa shape index (κ2) is 3.75. The Hall–Kier alpha value is -1.06. The highest BCUT2D eigenvalue weighted by Gasteiger charge is 2.38. The number of hydrogen-bond acceptors (Lipinski definition) is 3. The van der Waals surface area contributed by atoms with E-state index in [4.69, 9.17) is 27.9 Å². The predicted octanol–water partition coefficient (Wildman–Crippen LogP) is 3.02. The van der Waals surface area contributed by atoms with Gasteiger partial charge in [-0.25, -0.2) is 0 Å². The molecule has 84 valence electrons. The number of Topliss-reactive ketones (excluding diaryl/α,β-unsaturated/α-hetero) is 2. The molecule has 0 bridgehead atoms. The molecule has 0 radical (unpaired) electrons. The third kappa shape index (κ3) is 1.35. The second-order valence-corrected chi connectivity index (χ2v) is 4.34. The van der Waals surface area contributed by atoms with E-state index < -0.39 is 5.92 Å². The molecule has 1 aromatic rings. The Morgan fingerprint density at radius 1 is 1.19 bits per heavy atom. The van der Waals surface area contributed by atoms with Gasteiger partial charge < -0.3 is 4.74 Å². The first kappa shape index (κ1) is 11.4. The Kier molecular flexibility index (Phi) is 2.68. The summed E-state index contributed by atoms with van der Waals surface area (Å²) in [5.41, 5.74) is 0.508. The molecule has 0 amide bonds. The van der Waals surface area contributed by atoms with Crippen LogP contribution in [0.5, 0.6) is 5.75 Å². The van der Waals surface area contributed by atoms with E-state index in [0.29, 0.717) is 11.3 Å². The summed E-state index contributed by atoms with van der Waals surface area (Å²) < 4.78 is 4.99. The zero-order valence-electron chi connectivity index (χ0n) is 8.64. The van der Waals surface area contributed by atoms with E-state index in [-0.39, 0.29) is 27.2 Å². The average molecular weight is 259 g/mol. The maximum absolute atomic E-state index is 11.8. The summed E-state index contributed by atoms with van der Waals surface area (Å²) in [7, 11) is 1.43. The third-order valence-corrected chi connectivity index (χ3v) is 3.54. The molecule has 1 aromatic carbocycles. The van der Waals surface area contributed by atoms with Crippen LogP contribution in [0.3, 0.4) is 0 Å². The molecule has 5 heteroatoms. The number of ketones is 2. The molecule has 0 saturated heterocycles. The van der Waals surface area contributed by atoms with E-state index >= 15 is 0 Å². The van der Waals surface area contributed by atoms with Crippen molar-refractivity contribution in [2.45, 2.75) is 6.92 Å². The lowest BCUT2D eigenvalue weighted by Crippen LogP contribution is -2.09. The number of fused-ring (bicyclic) bond motifs is 1. The summed E-state index contributed by atoms with van der Waals surface area (Å²) in [5, 5.41) is 0.261. The normalized spacial score (nSPS) is 18.9. The van der Waals surface area contributed by atoms with Crippen LogP contribution in [0.1, 0.15) is 27.6 Å². The molecular weight excluding hydrogens is 251 g/mol. The number of ether oxygens (including phenoxy) is 1. The topological polar surface area (TPSA) is 43.4 Å². The first-order valence-electron chi connectivity index (χ1n) is 4.63. The minimum atomic E-state index is -0.685. The van der Waals surface area contributed by atoms with Gasteiger partial charge in [-0.3, -0.25) is 9.59 Å². The average Bonchev–Trinajstić information content (AvgIpc) is 2.48. The van der Waals surface area contributed by atoms with Crippen LogP contribution in [0.2, 0.25) is 10.0 Å². The fourth-order valence-electron chi connectivity index (χ4n) is 1.76. The maximum Gasteiger partial charge on any atom is 0.175 e. The van der Waals surface area contributed by atoms with E-state index in [0.717, 1.165) is 0 Å². The molecule has 0 saturated carbocycles. The molecule has 0 spiro atoms. The molecule has 0 aliphatic heterocycles. The van der Waals surface area contributed by atoms with Crippen molar-refractivity contribution in [1.82, 2.24) is 0 Å². The number of methoxy groups -OCH3 is 1. The van der Waals surface area contributed by atoms with Gasteiger partial charge in [0.1, 0.15) is 10.8 Å². The third-order valence-electron chi connectivity index (χ3n) is 2.69. The van der Waals surface area contributed by atoms with Gasteiger partial charge in [0, 0.05) is 11.1 Å². The Balaban J connectivity index is 2.77. The van der Waals surface area contributed by atoms with Crippen LogP contribution in [0.15, 0.2) is 6.07 Å². The van der Waals surface area contributed by atoms with Crippen LogP contribution in [-0.2, 0) is 0 Å². The molecule has 16 heavy (non-hydrogen) atoms. The van der Waals surface area contributed by atoms with E-state index in [1.807, 2.05) is 0 Å². The van der Waals surface area contributed by atoms with Crippen molar-refractivity contribution in [1.29, 1.82) is 0 Å². The molecular formula is C11H8Cl2O3. The van der Waals surface area contributed by atoms with Gasteiger partial charge in [0.2, 0.25) is 0 Å². The lowest BCUT2D eigenvalue weighted by Gasteiger charge is -2.07. The fourth-order valence-corrected chi connectivity index (χ4v) is 2.27. The van der Waals surface area contributed by atoms with Crippen LogP contribution < -0.4 is 4.74 Å². The largest absolute Gasteiger partial charge is 0.495 e. The molecule has 2 rings (SSSR count). The number of rotatable bonds is 1. The highest BCUT2D eigenvalue weighted by Crippen LogP contribution is 2.41. The zero-order chi connectivity index (χ0) is 12.0. The number of hydrogen-bond donors (Lipinski definition) is 0. The molecule has 0 fully saturated rings. The summed E-state index contributed by atoms with van der Waals surface area (Å²) in [6, 6.07) is 1.47. The Morgan fingerprint density at radius 3 is 2.38 bits per heavy atom. The highest BCUT2D eigenvalue weighted by molar-refractivity contribution is 6.47. The van der Waals surface area contributed by atoms with Gasteiger partial charge in [-0.2, -0.15) is 0 Å². The summed E-state index contributed by atoms with van der Waals surface area (Å²) in [4.78, 5) is 23.5. The van der Waals surface area contributed by atoms with E-state index in [9.17, 15) is 9.59 Å². The van der Waals surface area contributed by atoms with Crippen molar-refractivity contribution in [2.24, 2.45) is 5.92 Å². The molecule has 0 N–H and O–H groups in total. The summed E-state index contributed by atoms with van der Waals surface area (Å²) >= 11 is 11.9. The minimum absolute atomic E-state index is 0.0960. The van der Waals surface area contributed by atoms with Crippen molar-refractivity contribution in [3.05, 3.63) is 27.2 Å². The van der Waals surface area contributed by atoms with Crippen LogP contribution >= 0.6 is 23.2 Å². The molecule has 1 atom stereocenters. The SMILES string of the molecule is COc1cc2c(c(Cl)c1Cl)C(=O)C(C)C2=O. The van der Waals surface area contributed by atoms with Crippen molar-refractivity contribution >= 4 is 34.8 Å². The number of carbonyl (C=O) groups excluding carboxylic acids is 2. The monoisotopic (exact) mass is 258 g/mol. The lowest BCUT2D eigenvalue weighted by molar-refractivity contribution is 0.0852. The predicted molar refractivity (Wildman–Crippen MR) is 60.8 cm³/mol. The minimum Gasteiger partial charge on any atom is -0.495 e. The summed E-state index contributed by atoms with van der Waals surface area (Å²) in [6.07, 6.45) is 0. The number of halogens is 2. The van der Waals surface area contributed by atoms with Crippen LogP contribution in [0.25, 0.3) is 0 Å². The zero-order valence-corrected chi connectivity index (χ0v) is 10.1. The van der Waals surface area contributed by atoms with Gasteiger partial charge in [-0.05, 0) is 13.0 Å². The van der Waals surface area contributed by atoms with Crippen molar-refractivity contribution in [3.8, 4) is 5.75 Å². The van der Waals surface area contributed by atoms with Gasteiger partial charge in [-0.15, -0.1) is 0 Å². The van der Waals surface area contributed by atoms with Crippen LogP contribution in [-0.4, -0.2) is 18.7 Å². The molecule has 1 aliphatic rings. The molecule has 0 aromatic heterocycles.